The lowest BCUT2D eigenvalue weighted by atomic mass is 9.90. The number of ether oxygens (including phenoxy) is 1. The van der Waals surface area contributed by atoms with Gasteiger partial charge in [-0.3, -0.25) is 0 Å². The zero-order valence-corrected chi connectivity index (χ0v) is 11.6. The summed E-state index contributed by atoms with van der Waals surface area (Å²) < 4.78 is 41.5. The van der Waals surface area contributed by atoms with Crippen molar-refractivity contribution in [3.8, 4) is 0 Å². The fourth-order valence-electron chi connectivity index (χ4n) is 2.89. The van der Waals surface area contributed by atoms with Gasteiger partial charge in [0.25, 0.3) is 0 Å². The topological polar surface area (TPSA) is 41.6 Å². The first-order valence-corrected chi connectivity index (χ1v) is 7.00. The van der Waals surface area contributed by atoms with Gasteiger partial charge < -0.3 is 15.0 Å². The lowest BCUT2D eigenvalue weighted by Gasteiger charge is -2.37. The van der Waals surface area contributed by atoms with Gasteiger partial charge in [0.1, 0.15) is 0 Å². The smallest absolute Gasteiger partial charge is 0.409 e. The molecule has 2 aliphatic rings. The first-order valence-electron chi connectivity index (χ1n) is 7.00. The summed E-state index contributed by atoms with van der Waals surface area (Å²) in [6, 6.07) is -0.312. The van der Waals surface area contributed by atoms with Crippen LogP contribution >= 0.6 is 0 Å². The van der Waals surface area contributed by atoms with Crippen LogP contribution in [0.25, 0.3) is 0 Å². The minimum atomic E-state index is -4.22. The number of hydrogen-bond acceptors (Lipinski definition) is 3. The van der Waals surface area contributed by atoms with Crippen LogP contribution in [0, 0.1) is 11.8 Å². The predicted molar refractivity (Wildman–Crippen MR) is 67.3 cm³/mol. The zero-order chi connectivity index (χ0) is 14.8. The van der Waals surface area contributed by atoms with Crippen molar-refractivity contribution in [3.05, 3.63) is 0 Å². The van der Waals surface area contributed by atoms with Crippen LogP contribution in [-0.2, 0) is 4.74 Å². The van der Waals surface area contributed by atoms with Gasteiger partial charge in [0, 0.05) is 19.1 Å². The summed E-state index contributed by atoms with van der Waals surface area (Å²) in [6.45, 7) is -0.139. The number of amides is 1. The molecule has 2 unspecified atom stereocenters. The molecule has 1 N–H and O–H groups in total. The number of nitrogens with zero attached hydrogens (tertiary/aromatic N) is 1. The Hall–Kier alpha value is -0.980. The summed E-state index contributed by atoms with van der Waals surface area (Å²) in [6.07, 6.45) is -0.577. The third-order valence-corrected chi connectivity index (χ3v) is 3.92. The van der Waals surface area contributed by atoms with Crippen molar-refractivity contribution in [3.63, 3.8) is 0 Å². The van der Waals surface area contributed by atoms with Gasteiger partial charge in [0.15, 0.2) is 0 Å². The SMILES string of the molecule is COC(=O)N1CC(CC2CC2)CC(NCC(F)(F)F)C1. The fourth-order valence-corrected chi connectivity index (χ4v) is 2.89. The number of hydrogen-bond donors (Lipinski definition) is 1. The Morgan fingerprint density at radius 3 is 2.55 bits per heavy atom. The van der Waals surface area contributed by atoms with Crippen molar-refractivity contribution >= 4 is 6.09 Å². The lowest BCUT2D eigenvalue weighted by Crippen LogP contribution is -2.52. The molecule has 0 aromatic rings. The molecule has 2 fully saturated rings. The molecule has 1 saturated carbocycles. The summed E-state index contributed by atoms with van der Waals surface area (Å²) in [5.41, 5.74) is 0. The predicted octanol–water partition coefficient (Wildman–Crippen LogP) is 2.40. The van der Waals surface area contributed by atoms with Crippen molar-refractivity contribution < 1.29 is 22.7 Å². The first-order chi connectivity index (χ1) is 9.37. The highest BCUT2D eigenvalue weighted by Gasteiger charge is 2.36. The minimum absolute atomic E-state index is 0.265. The second-order valence-electron chi connectivity index (χ2n) is 5.85. The van der Waals surface area contributed by atoms with Crippen LogP contribution in [0.4, 0.5) is 18.0 Å². The monoisotopic (exact) mass is 294 g/mol. The van der Waals surface area contributed by atoms with Crippen molar-refractivity contribution in [1.29, 1.82) is 0 Å². The van der Waals surface area contributed by atoms with Gasteiger partial charge in [-0.15, -0.1) is 0 Å². The molecular weight excluding hydrogens is 273 g/mol. The average molecular weight is 294 g/mol. The molecule has 0 aromatic heterocycles. The van der Waals surface area contributed by atoms with Crippen molar-refractivity contribution in [1.82, 2.24) is 10.2 Å². The summed E-state index contributed by atoms with van der Waals surface area (Å²) in [5.74, 6) is 0.960. The molecule has 1 aliphatic heterocycles. The van der Waals surface area contributed by atoms with E-state index in [0.29, 0.717) is 18.9 Å². The van der Waals surface area contributed by atoms with Gasteiger partial charge in [-0.2, -0.15) is 13.2 Å². The molecule has 1 saturated heterocycles. The van der Waals surface area contributed by atoms with E-state index in [1.54, 1.807) is 0 Å². The van der Waals surface area contributed by atoms with Crippen molar-refractivity contribution in [2.24, 2.45) is 11.8 Å². The van der Waals surface area contributed by atoms with Gasteiger partial charge in [0.05, 0.1) is 13.7 Å². The molecule has 7 heteroatoms. The van der Waals surface area contributed by atoms with Gasteiger partial charge >= 0.3 is 12.3 Å². The maximum absolute atomic E-state index is 12.3. The van der Waals surface area contributed by atoms with Crippen LogP contribution in [0.15, 0.2) is 0 Å². The molecule has 0 bridgehead atoms. The van der Waals surface area contributed by atoms with E-state index in [9.17, 15) is 18.0 Å². The number of carbonyl (C=O) groups excluding carboxylic acids is 1. The molecule has 1 amide bonds. The highest BCUT2D eigenvalue weighted by molar-refractivity contribution is 5.67. The van der Waals surface area contributed by atoms with E-state index in [2.05, 4.69) is 10.1 Å². The quantitative estimate of drug-likeness (QED) is 0.865. The molecule has 1 aliphatic carbocycles. The summed E-state index contributed by atoms with van der Waals surface area (Å²) in [7, 11) is 1.30. The highest BCUT2D eigenvalue weighted by atomic mass is 19.4. The standard InChI is InChI=1S/C13H21F3N2O2/c1-20-12(19)18-6-10(4-9-2-3-9)5-11(7-18)17-8-13(14,15)16/h9-11,17H,2-8H2,1H3. The molecule has 1 heterocycles. The minimum Gasteiger partial charge on any atom is -0.453 e. The molecule has 2 rings (SSSR count). The van der Waals surface area contributed by atoms with E-state index >= 15 is 0 Å². The van der Waals surface area contributed by atoms with E-state index in [1.807, 2.05) is 0 Å². The van der Waals surface area contributed by atoms with Crippen LogP contribution in [0.2, 0.25) is 0 Å². The van der Waals surface area contributed by atoms with Gasteiger partial charge in [-0.1, -0.05) is 12.8 Å². The molecule has 2 atom stereocenters. The third-order valence-electron chi connectivity index (χ3n) is 3.92. The molecular formula is C13H21F3N2O2. The maximum atomic E-state index is 12.3. The normalized spacial score (nSPS) is 27.5. The number of piperidine rings is 1. The Balaban J connectivity index is 1.90. The van der Waals surface area contributed by atoms with Crippen LogP contribution < -0.4 is 5.32 Å². The fraction of sp³-hybridized carbons (Fsp3) is 0.923. The second-order valence-corrected chi connectivity index (χ2v) is 5.85. The number of rotatable bonds is 4. The Morgan fingerprint density at radius 1 is 1.30 bits per heavy atom. The Labute approximate surface area is 116 Å². The number of halogens is 3. The molecule has 0 spiro atoms. The van der Waals surface area contributed by atoms with Crippen LogP contribution in [0.1, 0.15) is 25.7 Å². The van der Waals surface area contributed by atoms with Gasteiger partial charge in [-0.05, 0) is 24.7 Å². The largest absolute Gasteiger partial charge is 0.453 e. The van der Waals surface area contributed by atoms with Crippen molar-refractivity contribution in [2.75, 3.05) is 26.7 Å². The third kappa shape index (κ3) is 4.85. The Bertz CT molecular complexity index is 345. The number of alkyl halides is 3. The maximum Gasteiger partial charge on any atom is 0.409 e. The van der Waals surface area contributed by atoms with E-state index in [-0.39, 0.29) is 18.5 Å². The molecule has 0 aromatic carbocycles. The molecule has 4 nitrogen and oxygen atoms in total. The summed E-state index contributed by atoms with van der Waals surface area (Å²) in [5, 5.41) is 2.52. The summed E-state index contributed by atoms with van der Waals surface area (Å²) >= 11 is 0. The van der Waals surface area contributed by atoms with E-state index < -0.39 is 18.8 Å². The number of nitrogens with one attached hydrogen (secondary N) is 1. The highest BCUT2D eigenvalue weighted by Crippen LogP contribution is 2.37. The van der Waals surface area contributed by atoms with E-state index in [1.165, 1.54) is 24.9 Å². The molecule has 20 heavy (non-hydrogen) atoms. The first kappa shape index (κ1) is 15.4. The molecule has 0 radical (unpaired) electrons. The second kappa shape index (κ2) is 6.20. The number of likely N-dealkylation sites (tertiary alicyclic amines) is 1. The Kier molecular flexibility index (Phi) is 4.78. The van der Waals surface area contributed by atoms with Crippen LogP contribution in [0.5, 0.6) is 0 Å². The average Bonchev–Trinajstić information content (AvgIpc) is 3.18. The number of methoxy groups -OCH3 is 1. The van der Waals surface area contributed by atoms with Gasteiger partial charge in [0.2, 0.25) is 0 Å². The van der Waals surface area contributed by atoms with Crippen LogP contribution in [-0.4, -0.2) is 50.0 Å². The lowest BCUT2D eigenvalue weighted by molar-refractivity contribution is -0.127. The van der Waals surface area contributed by atoms with E-state index in [4.69, 9.17) is 0 Å². The Morgan fingerprint density at radius 2 is 2.00 bits per heavy atom. The number of carbonyl (C=O) groups is 1. The van der Waals surface area contributed by atoms with E-state index in [0.717, 1.165) is 6.42 Å². The molecule has 116 valence electrons. The van der Waals surface area contributed by atoms with Gasteiger partial charge in [-0.25, -0.2) is 4.79 Å². The van der Waals surface area contributed by atoms with Crippen molar-refractivity contribution in [2.45, 2.75) is 37.9 Å². The summed E-state index contributed by atoms with van der Waals surface area (Å²) in [4.78, 5) is 13.1. The van der Waals surface area contributed by atoms with Crippen LogP contribution in [0.3, 0.4) is 0 Å². The zero-order valence-electron chi connectivity index (χ0n) is 11.6.